The summed E-state index contributed by atoms with van der Waals surface area (Å²) in [4.78, 5) is 0. The second kappa shape index (κ2) is 4.31. The summed E-state index contributed by atoms with van der Waals surface area (Å²) in [6, 6.07) is 0. The van der Waals surface area contributed by atoms with Gasteiger partial charge in [0.1, 0.15) is 0 Å². The first kappa shape index (κ1) is 13.3. The maximum atomic E-state index is 10.6. The van der Waals surface area contributed by atoms with E-state index in [1.165, 1.54) is 6.42 Å². The highest BCUT2D eigenvalue weighted by Gasteiger charge is 2.55. The predicted molar refractivity (Wildman–Crippen MR) is 76.1 cm³/mol. The van der Waals surface area contributed by atoms with Crippen LogP contribution in [0.1, 0.15) is 46.0 Å². The zero-order valence-electron chi connectivity index (χ0n) is 12.6. The van der Waals surface area contributed by atoms with Crippen LogP contribution in [-0.2, 0) is 9.47 Å². The molecule has 20 heavy (non-hydrogen) atoms. The fourth-order valence-electron chi connectivity index (χ4n) is 5.45. The van der Waals surface area contributed by atoms with Crippen molar-refractivity contribution >= 4 is 0 Å². The average molecular weight is 278 g/mol. The molecular weight excluding hydrogens is 252 g/mol. The highest BCUT2D eigenvalue weighted by Crippen LogP contribution is 2.57. The van der Waals surface area contributed by atoms with E-state index in [4.69, 9.17) is 9.47 Å². The Morgan fingerprint density at radius 3 is 2.70 bits per heavy atom. The van der Waals surface area contributed by atoms with E-state index in [9.17, 15) is 5.11 Å². The molecule has 3 nitrogen and oxygen atoms in total. The van der Waals surface area contributed by atoms with Gasteiger partial charge in [0.25, 0.3) is 0 Å². The molecule has 112 valence electrons. The van der Waals surface area contributed by atoms with Crippen molar-refractivity contribution in [1.29, 1.82) is 0 Å². The van der Waals surface area contributed by atoms with Gasteiger partial charge < -0.3 is 14.6 Å². The molecule has 4 aliphatic rings. The minimum Gasteiger partial charge on any atom is -0.390 e. The van der Waals surface area contributed by atoms with E-state index in [-0.39, 0.29) is 5.79 Å². The molecule has 4 rings (SSSR count). The van der Waals surface area contributed by atoms with E-state index in [1.807, 2.05) is 6.92 Å². The molecule has 0 aromatic heterocycles. The summed E-state index contributed by atoms with van der Waals surface area (Å²) >= 11 is 0. The standard InChI is InChI=1S/C17H26O3/c1-11-12-3-4-15-14(5-7-16(15,2)18)13(12)6-8-17(11)19-9-10-20-17/h3,11,13-15,18H,4-10H2,1-2H3/t11?,13?,14?,15?,16-/m1/s1. The molecule has 0 radical (unpaired) electrons. The highest BCUT2D eigenvalue weighted by molar-refractivity contribution is 5.24. The third-order valence-electron chi connectivity index (χ3n) is 6.59. The Morgan fingerprint density at radius 2 is 1.95 bits per heavy atom. The van der Waals surface area contributed by atoms with Gasteiger partial charge in [-0.05, 0) is 50.4 Å². The average Bonchev–Trinajstić information content (AvgIpc) is 3.01. The molecule has 1 spiro atoms. The van der Waals surface area contributed by atoms with Gasteiger partial charge in [-0.25, -0.2) is 0 Å². The lowest BCUT2D eigenvalue weighted by Gasteiger charge is -2.48. The van der Waals surface area contributed by atoms with Crippen LogP contribution in [0.5, 0.6) is 0 Å². The number of ether oxygens (including phenoxy) is 2. The Labute approximate surface area is 121 Å². The van der Waals surface area contributed by atoms with Crippen LogP contribution in [0.2, 0.25) is 0 Å². The van der Waals surface area contributed by atoms with Crippen molar-refractivity contribution < 1.29 is 14.6 Å². The largest absolute Gasteiger partial charge is 0.390 e. The van der Waals surface area contributed by atoms with E-state index in [2.05, 4.69) is 13.0 Å². The summed E-state index contributed by atoms with van der Waals surface area (Å²) < 4.78 is 12.0. The van der Waals surface area contributed by atoms with Crippen molar-refractivity contribution in [2.24, 2.45) is 23.7 Å². The fourth-order valence-corrected chi connectivity index (χ4v) is 5.45. The van der Waals surface area contributed by atoms with Crippen LogP contribution in [-0.4, -0.2) is 29.7 Å². The molecule has 1 N–H and O–H groups in total. The monoisotopic (exact) mass is 278 g/mol. The molecule has 0 aromatic carbocycles. The molecule has 0 aromatic rings. The lowest BCUT2D eigenvalue weighted by molar-refractivity contribution is -0.202. The second-order valence-electron chi connectivity index (χ2n) is 7.48. The smallest absolute Gasteiger partial charge is 0.174 e. The third kappa shape index (κ3) is 1.69. The number of hydrogen-bond donors (Lipinski definition) is 1. The quantitative estimate of drug-likeness (QED) is 0.692. The van der Waals surface area contributed by atoms with Gasteiger partial charge in [-0.3, -0.25) is 0 Å². The molecule has 0 amide bonds. The van der Waals surface area contributed by atoms with Crippen molar-refractivity contribution in [3.63, 3.8) is 0 Å². The minimum atomic E-state index is -0.453. The first-order valence-corrected chi connectivity index (χ1v) is 8.24. The lowest BCUT2D eigenvalue weighted by Crippen LogP contribution is -2.48. The second-order valence-corrected chi connectivity index (χ2v) is 7.48. The summed E-state index contributed by atoms with van der Waals surface area (Å²) in [5.74, 6) is 1.82. The van der Waals surface area contributed by atoms with Gasteiger partial charge in [-0.15, -0.1) is 0 Å². The van der Waals surface area contributed by atoms with Gasteiger partial charge in [0, 0.05) is 12.3 Å². The Bertz CT molecular complexity index is 434. The molecule has 3 heteroatoms. The van der Waals surface area contributed by atoms with Crippen LogP contribution in [0.3, 0.4) is 0 Å². The first-order chi connectivity index (χ1) is 9.54. The summed E-state index contributed by atoms with van der Waals surface area (Å²) in [6.07, 6.45) is 7.76. The maximum Gasteiger partial charge on any atom is 0.174 e. The molecule has 3 fully saturated rings. The zero-order chi connectivity index (χ0) is 14.0. The summed E-state index contributed by atoms with van der Waals surface area (Å²) in [5, 5.41) is 10.6. The van der Waals surface area contributed by atoms with Crippen molar-refractivity contribution in [2.75, 3.05) is 13.2 Å². The van der Waals surface area contributed by atoms with Gasteiger partial charge >= 0.3 is 0 Å². The van der Waals surface area contributed by atoms with Crippen LogP contribution in [0.25, 0.3) is 0 Å². The predicted octanol–water partition coefficient (Wildman–Crippen LogP) is 2.88. The molecule has 3 aliphatic carbocycles. The minimum absolute atomic E-state index is 0.337. The number of fused-ring (bicyclic) bond motifs is 3. The maximum absolute atomic E-state index is 10.6. The molecule has 1 heterocycles. The van der Waals surface area contributed by atoms with Crippen LogP contribution >= 0.6 is 0 Å². The van der Waals surface area contributed by atoms with E-state index < -0.39 is 5.60 Å². The molecule has 2 saturated carbocycles. The topological polar surface area (TPSA) is 38.7 Å². The first-order valence-electron chi connectivity index (χ1n) is 8.24. The van der Waals surface area contributed by atoms with Crippen LogP contribution in [0, 0.1) is 23.7 Å². The Balaban J connectivity index is 1.64. The molecule has 1 saturated heterocycles. The van der Waals surface area contributed by atoms with Crippen LogP contribution < -0.4 is 0 Å². The van der Waals surface area contributed by atoms with Crippen LogP contribution in [0.15, 0.2) is 11.6 Å². The summed E-state index contributed by atoms with van der Waals surface area (Å²) in [5.41, 5.74) is 1.10. The fraction of sp³-hybridized carbons (Fsp3) is 0.882. The van der Waals surface area contributed by atoms with Crippen molar-refractivity contribution in [3.8, 4) is 0 Å². The van der Waals surface area contributed by atoms with Crippen molar-refractivity contribution in [3.05, 3.63) is 11.6 Å². The zero-order valence-corrected chi connectivity index (χ0v) is 12.6. The summed E-state index contributed by atoms with van der Waals surface area (Å²) in [7, 11) is 0. The normalized spacial score (nSPS) is 49.9. The van der Waals surface area contributed by atoms with E-state index >= 15 is 0 Å². The third-order valence-corrected chi connectivity index (χ3v) is 6.59. The molecule has 0 bridgehead atoms. The van der Waals surface area contributed by atoms with E-state index in [0.717, 1.165) is 38.9 Å². The summed E-state index contributed by atoms with van der Waals surface area (Å²) in [6.45, 7) is 5.79. The Hall–Kier alpha value is -0.380. The Morgan fingerprint density at radius 1 is 1.20 bits per heavy atom. The van der Waals surface area contributed by atoms with Crippen molar-refractivity contribution in [2.45, 2.75) is 57.3 Å². The molecule has 4 unspecified atom stereocenters. The number of allylic oxidation sites excluding steroid dienone is 1. The van der Waals surface area contributed by atoms with Gasteiger partial charge in [0.2, 0.25) is 0 Å². The van der Waals surface area contributed by atoms with Crippen molar-refractivity contribution in [1.82, 2.24) is 0 Å². The van der Waals surface area contributed by atoms with Gasteiger partial charge in [-0.1, -0.05) is 18.6 Å². The van der Waals surface area contributed by atoms with Gasteiger partial charge in [0.15, 0.2) is 5.79 Å². The van der Waals surface area contributed by atoms with Gasteiger partial charge in [0.05, 0.1) is 18.8 Å². The number of aliphatic hydroxyl groups is 1. The Kier molecular flexibility index (Phi) is 2.87. The molecule has 5 atom stereocenters. The number of hydrogen-bond acceptors (Lipinski definition) is 3. The van der Waals surface area contributed by atoms with Crippen LogP contribution in [0.4, 0.5) is 0 Å². The van der Waals surface area contributed by atoms with E-state index in [1.54, 1.807) is 5.57 Å². The van der Waals surface area contributed by atoms with E-state index in [0.29, 0.717) is 23.7 Å². The highest BCUT2D eigenvalue weighted by atomic mass is 16.7. The number of rotatable bonds is 0. The molecular formula is C17H26O3. The van der Waals surface area contributed by atoms with Gasteiger partial charge in [-0.2, -0.15) is 0 Å². The molecule has 1 aliphatic heterocycles. The lowest BCUT2D eigenvalue weighted by atomic mass is 9.62. The SMILES string of the molecule is CC1C2=CCC3C(CC[C@@]3(C)O)C2CCC12OCCO2.